The van der Waals surface area contributed by atoms with Crippen LogP contribution in [0.4, 0.5) is 0 Å². The molecule has 1 aromatic rings. The monoisotopic (exact) mass is 330 g/mol. The van der Waals surface area contributed by atoms with E-state index in [9.17, 15) is 0 Å². The Labute approximate surface area is 146 Å². The average molecular weight is 330 g/mol. The fourth-order valence-electron chi connectivity index (χ4n) is 3.03. The van der Waals surface area contributed by atoms with Crippen LogP contribution in [0.2, 0.25) is 0 Å². The van der Waals surface area contributed by atoms with E-state index in [4.69, 9.17) is 9.47 Å². The Balaban J connectivity index is 1.82. The molecule has 1 aliphatic rings. The van der Waals surface area contributed by atoms with E-state index in [1.54, 1.807) is 13.2 Å². The van der Waals surface area contributed by atoms with Gasteiger partial charge in [-0.2, -0.15) is 0 Å². The Hall–Kier alpha value is -1.78. The summed E-state index contributed by atoms with van der Waals surface area (Å²) in [6, 6.07) is 6.68. The minimum atomic E-state index is 0.483. The molecule has 0 aromatic heterocycles. The van der Waals surface area contributed by atoms with Crippen molar-refractivity contribution in [3.8, 4) is 11.5 Å². The highest BCUT2D eigenvalue weighted by Crippen LogP contribution is 2.28. The van der Waals surface area contributed by atoms with Crippen molar-refractivity contribution >= 4 is 0 Å². The van der Waals surface area contributed by atoms with Crippen LogP contribution in [0.5, 0.6) is 11.5 Å². The van der Waals surface area contributed by atoms with Gasteiger partial charge in [-0.05, 0) is 50.6 Å². The van der Waals surface area contributed by atoms with Crippen LogP contribution >= 0.6 is 0 Å². The summed E-state index contributed by atoms with van der Waals surface area (Å²) in [5.74, 6) is 1.53. The first-order chi connectivity index (χ1) is 11.6. The molecule has 0 saturated carbocycles. The molecule has 4 nitrogen and oxygen atoms in total. The molecule has 24 heavy (non-hydrogen) atoms. The second-order valence-corrected chi connectivity index (χ2v) is 6.47. The van der Waals surface area contributed by atoms with E-state index in [2.05, 4.69) is 36.4 Å². The van der Waals surface area contributed by atoms with Gasteiger partial charge in [0.25, 0.3) is 0 Å². The van der Waals surface area contributed by atoms with Gasteiger partial charge in [0.1, 0.15) is 6.61 Å². The summed E-state index contributed by atoms with van der Waals surface area (Å²) in [7, 11) is 1.67. The zero-order valence-corrected chi connectivity index (χ0v) is 15.0. The van der Waals surface area contributed by atoms with Crippen molar-refractivity contribution < 1.29 is 9.47 Å². The summed E-state index contributed by atoms with van der Waals surface area (Å²) in [4.78, 5) is 2.48. The van der Waals surface area contributed by atoms with Crippen molar-refractivity contribution in [1.82, 2.24) is 10.2 Å². The maximum Gasteiger partial charge on any atom is 0.161 e. The van der Waals surface area contributed by atoms with Crippen molar-refractivity contribution in [2.45, 2.75) is 32.4 Å². The Kier molecular flexibility index (Phi) is 7.35. The fraction of sp³-hybridized carbons (Fsp3) is 0.500. The van der Waals surface area contributed by atoms with E-state index in [1.165, 1.54) is 24.0 Å². The smallest absolute Gasteiger partial charge is 0.161 e. The number of piperidine rings is 1. The van der Waals surface area contributed by atoms with E-state index in [0.717, 1.165) is 37.7 Å². The molecule has 1 fully saturated rings. The lowest BCUT2D eigenvalue weighted by molar-refractivity contribution is 0.211. The lowest BCUT2D eigenvalue weighted by Gasteiger charge is -2.32. The second-order valence-electron chi connectivity index (χ2n) is 6.47. The molecular formula is C20H30N2O2. The number of likely N-dealkylation sites (tertiary alicyclic amines) is 1. The topological polar surface area (TPSA) is 33.7 Å². The first-order valence-electron chi connectivity index (χ1n) is 8.63. The molecule has 0 atom stereocenters. The molecule has 1 N–H and O–H groups in total. The van der Waals surface area contributed by atoms with Gasteiger partial charge < -0.3 is 14.8 Å². The highest BCUT2D eigenvalue weighted by atomic mass is 16.5. The van der Waals surface area contributed by atoms with Crippen LogP contribution in [0, 0.1) is 0 Å². The van der Waals surface area contributed by atoms with E-state index >= 15 is 0 Å². The van der Waals surface area contributed by atoms with Crippen molar-refractivity contribution in [3.05, 3.63) is 48.6 Å². The Bertz CT molecular complexity index is 549. The summed E-state index contributed by atoms with van der Waals surface area (Å²) in [6.45, 7) is 14.4. The number of methoxy groups -OCH3 is 1. The maximum atomic E-state index is 5.59. The van der Waals surface area contributed by atoms with Crippen molar-refractivity contribution in [1.29, 1.82) is 0 Å². The van der Waals surface area contributed by atoms with Gasteiger partial charge in [-0.3, -0.25) is 4.90 Å². The largest absolute Gasteiger partial charge is 0.493 e. The van der Waals surface area contributed by atoms with Crippen molar-refractivity contribution in [2.75, 3.05) is 33.4 Å². The van der Waals surface area contributed by atoms with Gasteiger partial charge in [-0.1, -0.05) is 30.9 Å². The van der Waals surface area contributed by atoms with Gasteiger partial charge in [0.05, 0.1) is 7.11 Å². The summed E-state index contributed by atoms with van der Waals surface area (Å²) in [5, 5.41) is 3.66. The molecule has 0 aliphatic carbocycles. The maximum absolute atomic E-state index is 5.59. The molecule has 1 heterocycles. The Morgan fingerprint density at radius 3 is 2.71 bits per heavy atom. The van der Waals surface area contributed by atoms with Crippen molar-refractivity contribution in [3.63, 3.8) is 0 Å². The van der Waals surface area contributed by atoms with Gasteiger partial charge in [0, 0.05) is 19.1 Å². The van der Waals surface area contributed by atoms with Crippen LogP contribution in [-0.4, -0.2) is 44.3 Å². The zero-order chi connectivity index (χ0) is 17.4. The Morgan fingerprint density at radius 1 is 1.33 bits per heavy atom. The first-order valence-corrected chi connectivity index (χ1v) is 8.63. The molecule has 0 spiro atoms. The van der Waals surface area contributed by atoms with Gasteiger partial charge in [0.2, 0.25) is 0 Å². The number of rotatable bonds is 9. The molecule has 0 amide bonds. The second kappa shape index (κ2) is 9.50. The molecule has 1 aliphatic heterocycles. The SMILES string of the molecule is C=CCOc1ccc(CNC2CCN(CC(=C)C)CC2)cc1OC. The predicted molar refractivity (Wildman–Crippen MR) is 99.8 cm³/mol. The highest BCUT2D eigenvalue weighted by molar-refractivity contribution is 5.43. The van der Waals surface area contributed by atoms with Gasteiger partial charge >= 0.3 is 0 Å². The van der Waals surface area contributed by atoms with Crippen LogP contribution < -0.4 is 14.8 Å². The minimum Gasteiger partial charge on any atom is -0.493 e. The molecule has 132 valence electrons. The van der Waals surface area contributed by atoms with Crippen LogP contribution in [0.25, 0.3) is 0 Å². The van der Waals surface area contributed by atoms with Crippen LogP contribution in [0.3, 0.4) is 0 Å². The highest BCUT2D eigenvalue weighted by Gasteiger charge is 2.18. The van der Waals surface area contributed by atoms with Crippen LogP contribution in [0.15, 0.2) is 43.0 Å². The fourth-order valence-corrected chi connectivity index (χ4v) is 3.03. The van der Waals surface area contributed by atoms with Gasteiger partial charge in [-0.25, -0.2) is 0 Å². The van der Waals surface area contributed by atoms with E-state index in [1.807, 2.05) is 12.1 Å². The lowest BCUT2D eigenvalue weighted by atomic mass is 10.0. The van der Waals surface area contributed by atoms with Crippen LogP contribution in [-0.2, 0) is 6.54 Å². The lowest BCUT2D eigenvalue weighted by Crippen LogP contribution is -2.42. The normalized spacial score (nSPS) is 15.9. The standard InChI is InChI=1S/C20H30N2O2/c1-5-12-24-19-7-6-17(13-20(19)23-4)14-21-18-8-10-22(11-9-18)15-16(2)3/h5-7,13,18,21H,1-2,8-12,14-15H2,3-4H3. The van der Waals surface area contributed by atoms with Gasteiger partial charge in [-0.15, -0.1) is 0 Å². The molecule has 2 rings (SSSR count). The number of nitrogens with zero attached hydrogens (tertiary/aromatic N) is 1. The average Bonchev–Trinajstić information content (AvgIpc) is 2.59. The molecular weight excluding hydrogens is 300 g/mol. The zero-order valence-electron chi connectivity index (χ0n) is 15.0. The third-order valence-electron chi connectivity index (χ3n) is 4.26. The third kappa shape index (κ3) is 5.69. The Morgan fingerprint density at radius 2 is 2.08 bits per heavy atom. The summed E-state index contributed by atoms with van der Waals surface area (Å²) < 4.78 is 11.0. The summed E-state index contributed by atoms with van der Waals surface area (Å²) >= 11 is 0. The quantitative estimate of drug-likeness (QED) is 0.704. The van der Waals surface area contributed by atoms with Crippen molar-refractivity contribution in [2.24, 2.45) is 0 Å². The number of hydrogen-bond donors (Lipinski definition) is 1. The number of nitrogens with one attached hydrogen (secondary N) is 1. The molecule has 1 aromatic carbocycles. The van der Waals surface area contributed by atoms with E-state index in [0.29, 0.717) is 12.6 Å². The number of ether oxygens (including phenoxy) is 2. The molecule has 1 saturated heterocycles. The van der Waals surface area contributed by atoms with E-state index < -0.39 is 0 Å². The van der Waals surface area contributed by atoms with E-state index in [-0.39, 0.29) is 0 Å². The predicted octanol–water partition coefficient (Wildman–Crippen LogP) is 3.39. The van der Waals surface area contributed by atoms with Crippen LogP contribution in [0.1, 0.15) is 25.3 Å². The first kappa shape index (κ1) is 18.6. The summed E-state index contributed by atoms with van der Waals surface area (Å²) in [6.07, 6.45) is 4.10. The third-order valence-corrected chi connectivity index (χ3v) is 4.26. The van der Waals surface area contributed by atoms with Gasteiger partial charge in [0.15, 0.2) is 11.5 Å². The molecule has 4 heteroatoms. The number of benzene rings is 1. The minimum absolute atomic E-state index is 0.483. The molecule has 0 radical (unpaired) electrons. The molecule has 0 unspecified atom stereocenters. The molecule has 0 bridgehead atoms. The summed E-state index contributed by atoms with van der Waals surface area (Å²) in [5.41, 5.74) is 2.45. The number of hydrogen-bond acceptors (Lipinski definition) is 4.